The maximum atomic E-state index is 10.6. The molecule has 0 aromatic heterocycles. The first-order chi connectivity index (χ1) is 8.65. The van der Waals surface area contributed by atoms with Crippen molar-refractivity contribution in [3.8, 4) is 11.8 Å². The number of non-ortho nitro benzene ring substituents is 1. The van der Waals surface area contributed by atoms with Gasteiger partial charge in [0.1, 0.15) is 0 Å². The van der Waals surface area contributed by atoms with Gasteiger partial charge >= 0.3 is 0 Å². The first kappa shape index (κ1) is 12.2. The minimum absolute atomic E-state index is 0.0397. The Labute approximate surface area is 109 Å². The molecule has 2 rings (SSSR count). The monoisotopic (exact) mass is 257 g/mol. The van der Waals surface area contributed by atoms with Crippen molar-refractivity contribution in [2.45, 2.75) is 0 Å². The summed E-state index contributed by atoms with van der Waals surface area (Å²) in [4.78, 5) is 10.2. The number of nitrogens with zero attached hydrogens (tertiary/aromatic N) is 1. The molecule has 2 aromatic rings. The molecule has 0 radical (unpaired) electrons. The molecule has 0 fully saturated rings. The molecule has 18 heavy (non-hydrogen) atoms. The normalized spacial score (nSPS) is 9.39. The van der Waals surface area contributed by atoms with Crippen molar-refractivity contribution in [1.82, 2.24) is 0 Å². The summed E-state index contributed by atoms with van der Waals surface area (Å²) in [6.07, 6.45) is 0. The quantitative estimate of drug-likeness (QED) is 0.445. The third-order valence-electron chi connectivity index (χ3n) is 2.25. The van der Waals surface area contributed by atoms with Crippen molar-refractivity contribution >= 4 is 17.3 Å². The zero-order valence-corrected chi connectivity index (χ0v) is 10.0. The Balaban J connectivity index is 2.27. The van der Waals surface area contributed by atoms with E-state index in [2.05, 4.69) is 11.8 Å². The van der Waals surface area contributed by atoms with E-state index in [0.29, 0.717) is 10.6 Å². The molecule has 3 nitrogen and oxygen atoms in total. The zero-order chi connectivity index (χ0) is 13.0. The highest BCUT2D eigenvalue weighted by atomic mass is 35.5. The second-order valence-corrected chi connectivity index (χ2v) is 4.00. The Morgan fingerprint density at radius 1 is 1.00 bits per heavy atom. The fourth-order valence-electron chi connectivity index (χ4n) is 1.37. The first-order valence-electron chi connectivity index (χ1n) is 5.17. The van der Waals surface area contributed by atoms with Gasteiger partial charge in [-0.15, -0.1) is 0 Å². The van der Waals surface area contributed by atoms with Crippen molar-refractivity contribution < 1.29 is 4.92 Å². The summed E-state index contributed by atoms with van der Waals surface area (Å²) in [5.74, 6) is 5.80. The van der Waals surface area contributed by atoms with E-state index in [0.717, 1.165) is 5.56 Å². The van der Waals surface area contributed by atoms with Crippen LogP contribution in [0.1, 0.15) is 11.1 Å². The maximum Gasteiger partial charge on any atom is 0.270 e. The lowest BCUT2D eigenvalue weighted by Crippen LogP contribution is -1.87. The Morgan fingerprint density at radius 2 is 1.67 bits per heavy atom. The smallest absolute Gasteiger partial charge is 0.258 e. The number of halogens is 1. The highest BCUT2D eigenvalue weighted by Crippen LogP contribution is 2.12. The lowest BCUT2D eigenvalue weighted by Gasteiger charge is -1.92. The summed E-state index contributed by atoms with van der Waals surface area (Å²) in [5.41, 5.74) is 1.46. The van der Waals surface area contributed by atoms with E-state index in [9.17, 15) is 10.1 Å². The molecule has 0 atom stereocenters. The standard InChI is InChI=1S/C14H8ClNO2/c15-13-8-6-11(7-9-13)4-5-12-2-1-3-14(10-12)16(17)18/h1-3,6-10H. The summed E-state index contributed by atoms with van der Waals surface area (Å²) in [5, 5.41) is 11.3. The van der Waals surface area contributed by atoms with Crippen LogP contribution in [0, 0.1) is 22.0 Å². The summed E-state index contributed by atoms with van der Waals surface area (Å²) in [7, 11) is 0. The maximum absolute atomic E-state index is 10.6. The summed E-state index contributed by atoms with van der Waals surface area (Å²) >= 11 is 5.76. The Kier molecular flexibility index (Phi) is 3.61. The third-order valence-corrected chi connectivity index (χ3v) is 2.50. The van der Waals surface area contributed by atoms with E-state index in [4.69, 9.17) is 11.6 Å². The van der Waals surface area contributed by atoms with Gasteiger partial charge in [0.05, 0.1) is 4.92 Å². The van der Waals surface area contributed by atoms with Crippen LogP contribution in [0.25, 0.3) is 0 Å². The average Bonchev–Trinajstić information content (AvgIpc) is 2.38. The molecule has 0 saturated heterocycles. The van der Waals surface area contributed by atoms with Crippen LogP contribution >= 0.6 is 11.6 Å². The average molecular weight is 258 g/mol. The van der Waals surface area contributed by atoms with E-state index in [1.807, 2.05) is 0 Å². The summed E-state index contributed by atoms with van der Waals surface area (Å²) < 4.78 is 0. The van der Waals surface area contributed by atoms with Crippen LogP contribution in [-0.4, -0.2) is 4.92 Å². The minimum Gasteiger partial charge on any atom is -0.258 e. The lowest BCUT2D eigenvalue weighted by molar-refractivity contribution is -0.384. The van der Waals surface area contributed by atoms with Crippen LogP contribution in [0.15, 0.2) is 48.5 Å². The van der Waals surface area contributed by atoms with Crippen molar-refractivity contribution in [3.05, 3.63) is 74.8 Å². The molecule has 0 heterocycles. The highest BCUT2D eigenvalue weighted by Gasteiger charge is 2.03. The van der Waals surface area contributed by atoms with E-state index < -0.39 is 4.92 Å². The number of rotatable bonds is 1. The molecule has 4 heteroatoms. The molecule has 0 bridgehead atoms. The predicted molar refractivity (Wildman–Crippen MR) is 70.5 cm³/mol. The predicted octanol–water partition coefficient (Wildman–Crippen LogP) is 3.65. The number of nitro benzene ring substituents is 1. The van der Waals surface area contributed by atoms with Gasteiger partial charge in [0.15, 0.2) is 0 Å². The van der Waals surface area contributed by atoms with Gasteiger partial charge in [-0.1, -0.05) is 29.5 Å². The number of hydrogen-bond acceptors (Lipinski definition) is 2. The van der Waals surface area contributed by atoms with Crippen molar-refractivity contribution in [1.29, 1.82) is 0 Å². The van der Waals surface area contributed by atoms with Crippen LogP contribution < -0.4 is 0 Å². The molecule has 0 unspecified atom stereocenters. The second-order valence-electron chi connectivity index (χ2n) is 3.56. The second kappa shape index (κ2) is 5.35. The topological polar surface area (TPSA) is 43.1 Å². The van der Waals surface area contributed by atoms with Crippen molar-refractivity contribution in [3.63, 3.8) is 0 Å². The molecule has 0 aliphatic heterocycles. The molecule has 0 spiro atoms. The first-order valence-corrected chi connectivity index (χ1v) is 5.55. The fourth-order valence-corrected chi connectivity index (χ4v) is 1.50. The molecule has 0 amide bonds. The van der Waals surface area contributed by atoms with Gasteiger partial charge in [0.25, 0.3) is 5.69 Å². The van der Waals surface area contributed by atoms with Gasteiger partial charge in [-0.2, -0.15) is 0 Å². The summed E-state index contributed by atoms with van der Waals surface area (Å²) in [6, 6.07) is 13.3. The zero-order valence-electron chi connectivity index (χ0n) is 9.26. The molecular formula is C14H8ClNO2. The molecule has 0 aliphatic carbocycles. The SMILES string of the molecule is O=[N+]([O-])c1cccc(C#Cc2ccc(Cl)cc2)c1. The number of hydrogen-bond donors (Lipinski definition) is 0. The van der Waals surface area contributed by atoms with E-state index in [1.54, 1.807) is 36.4 Å². The third kappa shape index (κ3) is 3.09. The Morgan fingerprint density at radius 3 is 2.33 bits per heavy atom. The van der Waals surface area contributed by atoms with E-state index >= 15 is 0 Å². The molecule has 0 N–H and O–H groups in total. The van der Waals surface area contributed by atoms with E-state index in [1.165, 1.54) is 12.1 Å². The van der Waals surface area contributed by atoms with Gasteiger partial charge in [-0.05, 0) is 30.3 Å². The molecular weight excluding hydrogens is 250 g/mol. The van der Waals surface area contributed by atoms with E-state index in [-0.39, 0.29) is 5.69 Å². The lowest BCUT2D eigenvalue weighted by atomic mass is 10.1. The van der Waals surface area contributed by atoms with Crippen LogP contribution in [-0.2, 0) is 0 Å². The van der Waals surface area contributed by atoms with Crippen molar-refractivity contribution in [2.75, 3.05) is 0 Å². The minimum atomic E-state index is -0.437. The van der Waals surface area contributed by atoms with Crippen LogP contribution in [0.3, 0.4) is 0 Å². The Bertz CT molecular complexity index is 639. The Hall–Kier alpha value is -2.31. The van der Waals surface area contributed by atoms with Crippen LogP contribution in [0.4, 0.5) is 5.69 Å². The van der Waals surface area contributed by atoms with Crippen molar-refractivity contribution in [2.24, 2.45) is 0 Å². The van der Waals surface area contributed by atoms with Gasteiger partial charge in [0, 0.05) is 28.3 Å². The van der Waals surface area contributed by atoms with Crippen LogP contribution in [0.5, 0.6) is 0 Å². The van der Waals surface area contributed by atoms with Gasteiger partial charge in [-0.25, -0.2) is 0 Å². The highest BCUT2D eigenvalue weighted by molar-refractivity contribution is 6.30. The van der Waals surface area contributed by atoms with Crippen LogP contribution in [0.2, 0.25) is 5.02 Å². The number of nitro groups is 1. The molecule has 2 aromatic carbocycles. The van der Waals surface area contributed by atoms with Gasteiger partial charge in [-0.3, -0.25) is 10.1 Å². The summed E-state index contributed by atoms with van der Waals surface area (Å²) in [6.45, 7) is 0. The largest absolute Gasteiger partial charge is 0.270 e. The number of benzene rings is 2. The molecule has 0 aliphatic rings. The molecule has 0 saturated carbocycles. The van der Waals surface area contributed by atoms with Gasteiger partial charge < -0.3 is 0 Å². The van der Waals surface area contributed by atoms with Gasteiger partial charge in [0.2, 0.25) is 0 Å². The molecule has 88 valence electrons. The fraction of sp³-hybridized carbons (Fsp3) is 0.